The highest BCUT2D eigenvalue weighted by Crippen LogP contribution is 2.24. The van der Waals surface area contributed by atoms with Crippen LogP contribution in [0.3, 0.4) is 0 Å². The molecule has 8 nitrogen and oxygen atoms in total. The molecule has 27 heavy (non-hydrogen) atoms. The summed E-state index contributed by atoms with van der Waals surface area (Å²) in [6.45, 7) is 4.90. The van der Waals surface area contributed by atoms with Crippen molar-refractivity contribution in [2.24, 2.45) is 0 Å². The quantitative estimate of drug-likeness (QED) is 0.427. The second-order valence-corrected chi connectivity index (χ2v) is 5.91. The number of hydrogen-bond acceptors (Lipinski definition) is 6. The van der Waals surface area contributed by atoms with Crippen molar-refractivity contribution < 1.29 is 19.5 Å². The molecule has 0 fully saturated rings. The number of carbonyl (C=O) groups is 3. The van der Waals surface area contributed by atoms with Gasteiger partial charge in [0.05, 0.1) is 5.70 Å². The molecule has 0 aliphatic rings. The van der Waals surface area contributed by atoms with Crippen LogP contribution in [0.5, 0.6) is 0 Å². The average molecular weight is 409 g/mol. The molecule has 10 heteroatoms. The number of hydrogen-bond donors (Lipinski definition) is 4. The number of benzene rings is 1. The number of allylic oxidation sites excluding steroid dienone is 1. The molecule has 2 amide bonds. The topological polar surface area (TPSA) is 134 Å². The third-order valence-corrected chi connectivity index (χ3v) is 4.09. The second-order valence-electron chi connectivity index (χ2n) is 5.05. The third-order valence-electron chi connectivity index (χ3n) is 3.20. The lowest BCUT2D eigenvalue weighted by atomic mass is 10.2. The smallest absolute Gasteiger partial charge is 0.352 e. The molecular formula is C17H17ClN4O4S. The van der Waals surface area contributed by atoms with Crippen molar-refractivity contribution in [3.8, 4) is 10.6 Å². The number of anilines is 1. The summed E-state index contributed by atoms with van der Waals surface area (Å²) in [5.41, 5.74) is 6.56. The van der Waals surface area contributed by atoms with Gasteiger partial charge in [-0.2, -0.15) is 0 Å². The molecule has 0 aliphatic carbocycles. The predicted octanol–water partition coefficient (Wildman–Crippen LogP) is 2.16. The summed E-state index contributed by atoms with van der Waals surface area (Å²) in [6.07, 6.45) is 1.22. The maximum atomic E-state index is 12.2. The number of nitrogens with zero attached hydrogens (tertiary/aromatic N) is 1. The summed E-state index contributed by atoms with van der Waals surface area (Å²) in [7, 11) is 0. The molecule has 1 aromatic heterocycles. The number of halogens is 1. The van der Waals surface area contributed by atoms with E-state index in [9.17, 15) is 14.4 Å². The Hall–Kier alpha value is -3.17. The maximum Gasteiger partial charge on any atom is 0.352 e. The van der Waals surface area contributed by atoms with Crippen molar-refractivity contribution in [2.75, 3.05) is 5.73 Å². The first-order valence-electron chi connectivity index (χ1n) is 7.34. The van der Waals surface area contributed by atoms with Crippen molar-refractivity contribution in [3.05, 3.63) is 59.4 Å². The van der Waals surface area contributed by atoms with Crippen LogP contribution < -0.4 is 16.4 Å². The number of carbonyl (C=O) groups excluding carboxylic acids is 2. The Morgan fingerprint density at radius 3 is 2.41 bits per heavy atom. The molecule has 0 unspecified atom stereocenters. The predicted molar refractivity (Wildman–Crippen MR) is 105 cm³/mol. The molecule has 0 spiro atoms. The lowest BCUT2D eigenvalue weighted by Crippen LogP contribution is -2.35. The summed E-state index contributed by atoms with van der Waals surface area (Å²) in [5, 5.41) is 15.5. The number of carboxylic acids is 1. The molecule has 142 valence electrons. The number of thiazole rings is 1. The van der Waals surface area contributed by atoms with Crippen molar-refractivity contribution in [2.45, 2.75) is 6.92 Å². The molecular weight excluding hydrogens is 392 g/mol. The summed E-state index contributed by atoms with van der Waals surface area (Å²) in [4.78, 5) is 39.2. The largest absolute Gasteiger partial charge is 0.477 e. The minimum atomic E-state index is -1.30. The van der Waals surface area contributed by atoms with E-state index in [1.807, 2.05) is 0 Å². The van der Waals surface area contributed by atoms with Crippen molar-refractivity contribution >= 4 is 47.2 Å². The van der Waals surface area contributed by atoms with E-state index in [0.29, 0.717) is 10.7 Å². The van der Waals surface area contributed by atoms with Gasteiger partial charge in [0.2, 0.25) is 0 Å². The Balaban J connectivity index is 0.00000364. The molecule has 1 heterocycles. The average Bonchev–Trinajstić information content (AvgIpc) is 3.09. The third kappa shape index (κ3) is 5.66. The van der Waals surface area contributed by atoms with Gasteiger partial charge in [-0.1, -0.05) is 12.7 Å². The van der Waals surface area contributed by atoms with Crippen LogP contribution in [-0.4, -0.2) is 27.9 Å². The van der Waals surface area contributed by atoms with Crippen LogP contribution in [0.25, 0.3) is 10.6 Å². The van der Waals surface area contributed by atoms with Gasteiger partial charge in [-0.15, -0.1) is 23.7 Å². The van der Waals surface area contributed by atoms with Gasteiger partial charge in [0, 0.05) is 16.6 Å². The minimum absolute atomic E-state index is 0. The number of rotatable bonds is 6. The Morgan fingerprint density at radius 1 is 1.22 bits per heavy atom. The number of nitrogen functional groups attached to an aromatic ring is 1. The van der Waals surface area contributed by atoms with Crippen LogP contribution >= 0.6 is 23.7 Å². The SMILES string of the molecule is C=C(NC(=O)c1csc(-c2ccc(N)cc2)n1)C(=O)NC(=CC)C(=O)O.Cl. The van der Waals surface area contributed by atoms with E-state index in [0.717, 1.165) is 5.56 Å². The van der Waals surface area contributed by atoms with Crippen LogP contribution in [0.4, 0.5) is 5.69 Å². The van der Waals surface area contributed by atoms with Crippen LogP contribution in [-0.2, 0) is 9.59 Å². The van der Waals surface area contributed by atoms with E-state index >= 15 is 0 Å². The van der Waals surface area contributed by atoms with E-state index < -0.39 is 17.8 Å². The molecule has 0 saturated heterocycles. The minimum Gasteiger partial charge on any atom is -0.477 e. The summed E-state index contributed by atoms with van der Waals surface area (Å²) < 4.78 is 0. The second kappa shape index (κ2) is 9.51. The van der Waals surface area contributed by atoms with Crippen LogP contribution in [0.2, 0.25) is 0 Å². The first kappa shape index (κ1) is 21.9. The van der Waals surface area contributed by atoms with E-state index in [1.165, 1.54) is 24.3 Å². The van der Waals surface area contributed by atoms with Gasteiger partial charge in [0.1, 0.15) is 16.4 Å². The highest BCUT2D eigenvalue weighted by Gasteiger charge is 2.18. The normalized spacial score (nSPS) is 10.5. The van der Waals surface area contributed by atoms with Crippen LogP contribution in [0, 0.1) is 0 Å². The van der Waals surface area contributed by atoms with E-state index in [-0.39, 0.29) is 29.5 Å². The zero-order valence-electron chi connectivity index (χ0n) is 14.2. The van der Waals surface area contributed by atoms with Crippen molar-refractivity contribution in [1.82, 2.24) is 15.6 Å². The zero-order valence-corrected chi connectivity index (χ0v) is 15.8. The molecule has 5 N–H and O–H groups in total. The lowest BCUT2D eigenvalue weighted by molar-refractivity contribution is -0.134. The molecule has 2 aromatic rings. The number of nitrogens with one attached hydrogen (secondary N) is 2. The first-order chi connectivity index (χ1) is 12.3. The fourth-order valence-corrected chi connectivity index (χ4v) is 2.65. The fourth-order valence-electron chi connectivity index (χ4n) is 1.84. The Bertz CT molecular complexity index is 906. The summed E-state index contributed by atoms with van der Waals surface area (Å²) >= 11 is 1.26. The van der Waals surface area contributed by atoms with Gasteiger partial charge < -0.3 is 21.5 Å². The lowest BCUT2D eigenvalue weighted by Gasteiger charge is -2.08. The fraction of sp³-hybridized carbons (Fsp3) is 0.0588. The maximum absolute atomic E-state index is 12.2. The number of nitrogens with two attached hydrogens (primary N) is 1. The molecule has 0 bridgehead atoms. The molecule has 0 aliphatic heterocycles. The van der Waals surface area contributed by atoms with E-state index in [2.05, 4.69) is 22.2 Å². The molecule has 0 saturated carbocycles. The highest BCUT2D eigenvalue weighted by molar-refractivity contribution is 7.13. The van der Waals surface area contributed by atoms with Gasteiger partial charge in [-0.05, 0) is 31.2 Å². The molecule has 1 aromatic carbocycles. The van der Waals surface area contributed by atoms with Crippen molar-refractivity contribution in [3.63, 3.8) is 0 Å². The number of aromatic nitrogens is 1. The first-order valence-corrected chi connectivity index (χ1v) is 8.22. The number of amides is 2. The van der Waals surface area contributed by atoms with Crippen LogP contribution in [0.1, 0.15) is 17.4 Å². The number of aliphatic carboxylic acids is 1. The summed E-state index contributed by atoms with van der Waals surface area (Å²) in [5.74, 6) is -2.75. The monoisotopic (exact) mass is 408 g/mol. The number of carboxylic acid groups (broad SMARTS) is 1. The van der Waals surface area contributed by atoms with E-state index in [1.54, 1.807) is 29.6 Å². The van der Waals surface area contributed by atoms with Crippen molar-refractivity contribution in [1.29, 1.82) is 0 Å². The Morgan fingerprint density at radius 2 is 1.85 bits per heavy atom. The summed E-state index contributed by atoms with van der Waals surface area (Å²) in [6, 6.07) is 7.02. The molecule has 0 radical (unpaired) electrons. The van der Waals surface area contributed by atoms with E-state index in [4.69, 9.17) is 10.8 Å². The Labute approximate surface area is 165 Å². The Kier molecular flexibility index (Phi) is 7.70. The highest BCUT2D eigenvalue weighted by atomic mass is 35.5. The van der Waals surface area contributed by atoms with Gasteiger partial charge in [0.15, 0.2) is 0 Å². The van der Waals surface area contributed by atoms with Gasteiger partial charge in [-0.3, -0.25) is 9.59 Å². The van der Waals surface area contributed by atoms with Gasteiger partial charge in [-0.25, -0.2) is 9.78 Å². The van der Waals surface area contributed by atoms with Gasteiger partial charge >= 0.3 is 5.97 Å². The molecule has 0 atom stereocenters. The molecule has 2 rings (SSSR count). The zero-order chi connectivity index (χ0) is 19.3. The van der Waals surface area contributed by atoms with Gasteiger partial charge in [0.25, 0.3) is 11.8 Å². The standard InChI is InChI=1S/C17H16N4O4S.ClH/c1-3-12(17(24)25)20-14(22)9(2)19-15(23)13-8-26-16(21-13)10-4-6-11(18)7-5-10;/h3-8H,2,18H2,1H3,(H,19,23)(H,20,22)(H,24,25);1H. The van der Waals surface area contributed by atoms with Crippen LogP contribution in [0.15, 0.2) is 53.7 Å².